The number of hydrogen-bond acceptors (Lipinski definition) is 5. The Kier molecular flexibility index (Phi) is 13.0. The summed E-state index contributed by atoms with van der Waals surface area (Å²) in [6, 6.07) is 51.7. The molecule has 0 N–H and O–H groups in total. The normalized spacial score (nSPS) is 20.8. The van der Waals surface area contributed by atoms with Crippen LogP contribution in [0.4, 0.5) is 0 Å². The van der Waals surface area contributed by atoms with Crippen LogP contribution in [-0.2, 0) is 56.5 Å². The molecular formula is C43H46O5. The van der Waals surface area contributed by atoms with E-state index in [0.717, 1.165) is 41.5 Å². The molecule has 1 saturated heterocycles. The van der Waals surface area contributed by atoms with E-state index in [4.69, 9.17) is 23.7 Å². The van der Waals surface area contributed by atoms with Crippen LogP contribution in [0.5, 0.6) is 0 Å². The second-order valence-electron chi connectivity index (χ2n) is 12.4. The topological polar surface area (TPSA) is 46.2 Å². The number of hydrogen-bond donors (Lipinski definition) is 0. The monoisotopic (exact) mass is 642 g/mol. The molecular weight excluding hydrogens is 596 g/mol. The summed E-state index contributed by atoms with van der Waals surface area (Å²) < 4.78 is 33.8. The Balaban J connectivity index is 1.27. The molecule has 5 atom stereocenters. The lowest BCUT2D eigenvalue weighted by molar-refractivity contribution is -0.273. The summed E-state index contributed by atoms with van der Waals surface area (Å²) in [4.78, 5) is 0. The molecule has 0 radical (unpaired) electrons. The van der Waals surface area contributed by atoms with E-state index in [1.807, 2.05) is 72.8 Å². The van der Waals surface area contributed by atoms with Gasteiger partial charge in [0.15, 0.2) is 0 Å². The highest BCUT2D eigenvalue weighted by atomic mass is 16.6. The zero-order valence-electron chi connectivity index (χ0n) is 27.5. The summed E-state index contributed by atoms with van der Waals surface area (Å²) in [6.45, 7) is 2.19. The molecule has 0 amide bonds. The van der Waals surface area contributed by atoms with E-state index in [9.17, 15) is 0 Å². The molecule has 0 aliphatic carbocycles. The van der Waals surface area contributed by atoms with Gasteiger partial charge in [-0.05, 0) is 47.1 Å². The number of aryl methyl sites for hydroxylation is 1. The summed E-state index contributed by atoms with van der Waals surface area (Å²) in [6.07, 6.45) is 1.02. The molecule has 1 aliphatic rings. The Hall–Kier alpha value is -4.10. The third-order valence-electron chi connectivity index (χ3n) is 8.78. The van der Waals surface area contributed by atoms with Crippen molar-refractivity contribution in [2.75, 3.05) is 6.61 Å². The maximum Gasteiger partial charge on any atom is 0.115 e. The molecule has 1 aliphatic heterocycles. The van der Waals surface area contributed by atoms with Crippen molar-refractivity contribution in [2.45, 2.75) is 76.2 Å². The Bertz CT molecular complexity index is 1470. The Morgan fingerprint density at radius 2 is 0.771 bits per heavy atom. The number of rotatable bonds is 17. The molecule has 48 heavy (non-hydrogen) atoms. The quantitative estimate of drug-likeness (QED) is 0.102. The molecule has 0 bridgehead atoms. The molecule has 6 rings (SSSR count). The van der Waals surface area contributed by atoms with Crippen molar-refractivity contribution in [3.05, 3.63) is 179 Å². The SMILES string of the molecule is c1ccc(CCC[C@H]2O[C@H](COCc3ccccc3)[C@@H](OCc3ccccc3)[C@H](OCc3ccccc3)[C@H]2OCc2ccccc2)cc1. The van der Waals surface area contributed by atoms with Gasteiger partial charge in [-0.25, -0.2) is 0 Å². The first-order valence-electron chi connectivity index (χ1n) is 17.1. The van der Waals surface area contributed by atoms with Crippen LogP contribution in [0, 0.1) is 0 Å². The average Bonchev–Trinajstić information content (AvgIpc) is 3.15. The lowest BCUT2D eigenvalue weighted by Gasteiger charge is -2.46. The second kappa shape index (κ2) is 18.4. The van der Waals surface area contributed by atoms with Gasteiger partial charge in [0.25, 0.3) is 0 Å². The molecule has 5 nitrogen and oxygen atoms in total. The van der Waals surface area contributed by atoms with Gasteiger partial charge in [0.05, 0.1) is 39.1 Å². The molecule has 0 aromatic heterocycles. The largest absolute Gasteiger partial charge is 0.374 e. The lowest BCUT2D eigenvalue weighted by atomic mass is 9.91. The van der Waals surface area contributed by atoms with Gasteiger partial charge in [-0.3, -0.25) is 0 Å². The van der Waals surface area contributed by atoms with Gasteiger partial charge in [0.2, 0.25) is 0 Å². The first kappa shape index (κ1) is 33.8. The maximum atomic E-state index is 6.99. The van der Waals surface area contributed by atoms with Crippen LogP contribution in [0.15, 0.2) is 152 Å². The number of ether oxygens (including phenoxy) is 5. The van der Waals surface area contributed by atoms with E-state index in [2.05, 4.69) is 78.9 Å². The van der Waals surface area contributed by atoms with Crippen LogP contribution in [0.2, 0.25) is 0 Å². The van der Waals surface area contributed by atoms with Crippen LogP contribution in [0.1, 0.15) is 40.7 Å². The third kappa shape index (κ3) is 10.2. The van der Waals surface area contributed by atoms with Crippen LogP contribution in [-0.4, -0.2) is 37.1 Å². The zero-order valence-corrected chi connectivity index (χ0v) is 27.5. The fourth-order valence-electron chi connectivity index (χ4n) is 6.27. The van der Waals surface area contributed by atoms with E-state index in [0.29, 0.717) is 33.0 Å². The predicted molar refractivity (Wildman–Crippen MR) is 189 cm³/mol. The maximum absolute atomic E-state index is 6.99. The van der Waals surface area contributed by atoms with E-state index in [-0.39, 0.29) is 18.3 Å². The Morgan fingerprint density at radius 3 is 1.23 bits per heavy atom. The van der Waals surface area contributed by atoms with Crippen molar-refractivity contribution >= 4 is 0 Å². The Morgan fingerprint density at radius 1 is 0.396 bits per heavy atom. The molecule has 0 saturated carbocycles. The van der Waals surface area contributed by atoms with Crippen molar-refractivity contribution in [3.63, 3.8) is 0 Å². The third-order valence-corrected chi connectivity index (χ3v) is 8.78. The molecule has 248 valence electrons. The van der Waals surface area contributed by atoms with E-state index >= 15 is 0 Å². The predicted octanol–water partition coefficient (Wildman–Crippen LogP) is 8.75. The summed E-state index contributed by atoms with van der Waals surface area (Å²) in [5, 5.41) is 0. The van der Waals surface area contributed by atoms with Crippen LogP contribution in [0.25, 0.3) is 0 Å². The van der Waals surface area contributed by atoms with Gasteiger partial charge in [-0.1, -0.05) is 152 Å². The molecule has 0 unspecified atom stereocenters. The van der Waals surface area contributed by atoms with E-state index in [1.54, 1.807) is 0 Å². The highest BCUT2D eigenvalue weighted by molar-refractivity contribution is 5.17. The summed E-state index contributed by atoms with van der Waals surface area (Å²) in [5.41, 5.74) is 5.74. The van der Waals surface area contributed by atoms with Gasteiger partial charge < -0.3 is 23.7 Å². The smallest absolute Gasteiger partial charge is 0.115 e. The summed E-state index contributed by atoms with van der Waals surface area (Å²) in [7, 11) is 0. The molecule has 5 aromatic carbocycles. The zero-order chi connectivity index (χ0) is 32.6. The second-order valence-corrected chi connectivity index (χ2v) is 12.4. The molecule has 0 spiro atoms. The van der Waals surface area contributed by atoms with E-state index in [1.165, 1.54) is 5.56 Å². The van der Waals surface area contributed by atoms with Gasteiger partial charge >= 0.3 is 0 Å². The fraction of sp³-hybridized carbons (Fsp3) is 0.302. The fourth-order valence-corrected chi connectivity index (χ4v) is 6.27. The first-order valence-corrected chi connectivity index (χ1v) is 17.1. The molecule has 5 heteroatoms. The minimum Gasteiger partial charge on any atom is -0.374 e. The van der Waals surface area contributed by atoms with Crippen LogP contribution >= 0.6 is 0 Å². The van der Waals surface area contributed by atoms with E-state index < -0.39 is 12.2 Å². The lowest BCUT2D eigenvalue weighted by Crippen LogP contribution is -2.61. The van der Waals surface area contributed by atoms with Gasteiger partial charge in [-0.2, -0.15) is 0 Å². The van der Waals surface area contributed by atoms with Crippen molar-refractivity contribution in [2.24, 2.45) is 0 Å². The summed E-state index contributed by atoms with van der Waals surface area (Å²) >= 11 is 0. The highest BCUT2D eigenvalue weighted by Gasteiger charge is 2.48. The van der Waals surface area contributed by atoms with Gasteiger partial charge in [0.1, 0.15) is 24.4 Å². The Labute approximate surface area is 285 Å². The van der Waals surface area contributed by atoms with Crippen LogP contribution < -0.4 is 0 Å². The minimum atomic E-state index is -0.421. The van der Waals surface area contributed by atoms with Crippen molar-refractivity contribution in [1.29, 1.82) is 0 Å². The van der Waals surface area contributed by atoms with Gasteiger partial charge in [0, 0.05) is 0 Å². The standard InChI is InChI=1S/C43H46O5/c1-6-17-34(18-7-1)27-16-28-39-41(45-30-36-21-10-3-11-22-36)43(47-32-38-25-14-5-15-26-38)42(46-31-37-23-12-4-13-24-37)40(48-39)33-44-29-35-19-8-2-9-20-35/h1-15,17-26,39-43H,16,27-33H2/t39-,40-,41+,42-,43-/m1/s1. The average molecular weight is 643 g/mol. The molecule has 5 aromatic rings. The van der Waals surface area contributed by atoms with Gasteiger partial charge in [-0.15, -0.1) is 0 Å². The van der Waals surface area contributed by atoms with Crippen molar-refractivity contribution in [3.8, 4) is 0 Å². The first-order chi connectivity index (χ1) is 23.8. The molecule has 1 fully saturated rings. The van der Waals surface area contributed by atoms with Crippen molar-refractivity contribution in [1.82, 2.24) is 0 Å². The minimum absolute atomic E-state index is 0.208. The molecule has 1 heterocycles. The highest BCUT2D eigenvalue weighted by Crippen LogP contribution is 2.33. The summed E-state index contributed by atoms with van der Waals surface area (Å²) in [5.74, 6) is 0. The van der Waals surface area contributed by atoms with Crippen LogP contribution in [0.3, 0.4) is 0 Å². The van der Waals surface area contributed by atoms with Crippen molar-refractivity contribution < 1.29 is 23.7 Å². The number of benzene rings is 5.